The van der Waals surface area contributed by atoms with Crippen LogP contribution in [0.2, 0.25) is 5.02 Å². The molecular weight excluding hydrogens is 302 g/mol. The van der Waals surface area contributed by atoms with Gasteiger partial charge < -0.3 is 14.5 Å². The summed E-state index contributed by atoms with van der Waals surface area (Å²) in [4.78, 5) is 12.2. The largest absolute Gasteiger partial charge is 0.497 e. The molecule has 0 aliphatic rings. The Kier molecular flexibility index (Phi) is 4.02. The Morgan fingerprint density at radius 2 is 2.14 bits per heavy atom. The molecule has 1 amide bonds. The molecule has 0 saturated carbocycles. The number of hydrogen-bond acceptors (Lipinski definition) is 3. The highest BCUT2D eigenvalue weighted by Gasteiger charge is 2.11. The van der Waals surface area contributed by atoms with Crippen molar-refractivity contribution in [2.75, 3.05) is 12.4 Å². The van der Waals surface area contributed by atoms with Crippen molar-refractivity contribution in [3.8, 4) is 5.75 Å². The number of furan rings is 1. The minimum absolute atomic E-state index is 0.132. The van der Waals surface area contributed by atoms with Gasteiger partial charge in [-0.25, -0.2) is 0 Å². The second kappa shape index (κ2) is 6.12. The standard InChI is InChI=1S/C17H14ClNO3/c1-21-14-5-6-16-15(9-14)11(10-22-16)7-17(20)19-13-4-2-3-12(18)8-13/h2-6,8-10H,7H2,1H3,(H,19,20). The van der Waals surface area contributed by atoms with E-state index in [0.29, 0.717) is 10.7 Å². The Balaban J connectivity index is 1.79. The van der Waals surface area contributed by atoms with Gasteiger partial charge in [-0.1, -0.05) is 17.7 Å². The highest BCUT2D eigenvalue weighted by Crippen LogP contribution is 2.26. The SMILES string of the molecule is COc1ccc2occ(CC(=O)Nc3cccc(Cl)c3)c2c1. The van der Waals surface area contributed by atoms with Crippen molar-refractivity contribution in [1.82, 2.24) is 0 Å². The smallest absolute Gasteiger partial charge is 0.228 e. The number of carbonyl (C=O) groups is 1. The van der Waals surface area contributed by atoms with Gasteiger partial charge in [0, 0.05) is 21.7 Å². The number of benzene rings is 2. The Labute approximate surface area is 132 Å². The van der Waals surface area contributed by atoms with Crippen molar-refractivity contribution in [2.24, 2.45) is 0 Å². The minimum atomic E-state index is -0.132. The molecule has 0 unspecified atom stereocenters. The van der Waals surface area contributed by atoms with Crippen LogP contribution in [-0.4, -0.2) is 13.0 Å². The first kappa shape index (κ1) is 14.5. The van der Waals surface area contributed by atoms with Crippen molar-refractivity contribution in [1.29, 1.82) is 0 Å². The predicted molar refractivity (Wildman–Crippen MR) is 86.6 cm³/mol. The Morgan fingerprint density at radius 1 is 1.27 bits per heavy atom. The molecule has 0 atom stereocenters. The lowest BCUT2D eigenvalue weighted by atomic mass is 10.1. The third-order valence-corrected chi connectivity index (χ3v) is 3.56. The quantitative estimate of drug-likeness (QED) is 0.782. The molecule has 0 saturated heterocycles. The summed E-state index contributed by atoms with van der Waals surface area (Å²) in [5.74, 6) is 0.596. The molecule has 4 nitrogen and oxygen atoms in total. The van der Waals surface area contributed by atoms with Gasteiger partial charge in [0.15, 0.2) is 0 Å². The molecule has 0 radical (unpaired) electrons. The third kappa shape index (κ3) is 3.07. The molecule has 5 heteroatoms. The van der Waals surface area contributed by atoms with Crippen molar-refractivity contribution in [3.05, 3.63) is 59.3 Å². The first-order chi connectivity index (χ1) is 10.7. The maximum atomic E-state index is 12.2. The molecule has 1 aromatic heterocycles. The maximum absolute atomic E-state index is 12.2. The molecule has 0 fully saturated rings. The van der Waals surface area contributed by atoms with Gasteiger partial charge in [0.2, 0.25) is 5.91 Å². The van der Waals surface area contributed by atoms with Crippen LogP contribution in [0.3, 0.4) is 0 Å². The van der Waals surface area contributed by atoms with Crippen LogP contribution in [0.15, 0.2) is 53.1 Å². The van der Waals surface area contributed by atoms with Crippen LogP contribution >= 0.6 is 11.6 Å². The second-order valence-corrected chi connectivity index (χ2v) is 5.29. The average molecular weight is 316 g/mol. The monoisotopic (exact) mass is 315 g/mol. The number of methoxy groups -OCH3 is 1. The van der Waals surface area contributed by atoms with E-state index in [9.17, 15) is 4.79 Å². The minimum Gasteiger partial charge on any atom is -0.497 e. The van der Waals surface area contributed by atoms with Gasteiger partial charge in [0.05, 0.1) is 19.8 Å². The van der Waals surface area contributed by atoms with Crippen molar-refractivity contribution in [3.63, 3.8) is 0 Å². The summed E-state index contributed by atoms with van der Waals surface area (Å²) >= 11 is 5.90. The predicted octanol–water partition coefficient (Wildman–Crippen LogP) is 4.28. The average Bonchev–Trinajstić information content (AvgIpc) is 2.89. The highest BCUT2D eigenvalue weighted by atomic mass is 35.5. The number of fused-ring (bicyclic) bond motifs is 1. The fourth-order valence-electron chi connectivity index (χ4n) is 2.27. The number of carbonyl (C=O) groups excluding carboxylic acids is 1. The molecule has 0 bridgehead atoms. The molecule has 22 heavy (non-hydrogen) atoms. The van der Waals surface area contributed by atoms with Gasteiger partial charge in [-0.3, -0.25) is 4.79 Å². The lowest BCUT2D eigenvalue weighted by molar-refractivity contribution is -0.115. The summed E-state index contributed by atoms with van der Waals surface area (Å²) in [6.45, 7) is 0. The molecule has 3 rings (SSSR count). The topological polar surface area (TPSA) is 51.5 Å². The van der Waals surface area contributed by atoms with E-state index in [0.717, 1.165) is 22.3 Å². The van der Waals surface area contributed by atoms with E-state index in [-0.39, 0.29) is 12.3 Å². The molecule has 112 valence electrons. The number of halogens is 1. The van der Waals surface area contributed by atoms with Gasteiger partial charge in [0.1, 0.15) is 11.3 Å². The molecular formula is C17H14ClNO3. The van der Waals surface area contributed by atoms with Gasteiger partial charge in [-0.05, 0) is 36.4 Å². The number of hydrogen-bond donors (Lipinski definition) is 1. The van der Waals surface area contributed by atoms with Crippen LogP contribution in [0.1, 0.15) is 5.56 Å². The Bertz CT molecular complexity index is 826. The zero-order valence-electron chi connectivity index (χ0n) is 11.9. The van der Waals surface area contributed by atoms with Gasteiger partial charge >= 0.3 is 0 Å². The molecule has 3 aromatic rings. The first-order valence-corrected chi connectivity index (χ1v) is 7.13. The third-order valence-electron chi connectivity index (χ3n) is 3.32. The summed E-state index contributed by atoms with van der Waals surface area (Å²) in [7, 11) is 1.60. The van der Waals surface area contributed by atoms with Crippen LogP contribution in [0.5, 0.6) is 5.75 Å². The van der Waals surface area contributed by atoms with Crippen molar-refractivity contribution in [2.45, 2.75) is 6.42 Å². The molecule has 2 aromatic carbocycles. The Hall–Kier alpha value is -2.46. The molecule has 1 heterocycles. The molecule has 0 aliphatic heterocycles. The van der Waals surface area contributed by atoms with Gasteiger partial charge in [0.25, 0.3) is 0 Å². The zero-order valence-corrected chi connectivity index (χ0v) is 12.7. The summed E-state index contributed by atoms with van der Waals surface area (Å²) in [5.41, 5.74) is 2.21. The van der Waals surface area contributed by atoms with E-state index < -0.39 is 0 Å². The number of nitrogens with one attached hydrogen (secondary N) is 1. The van der Waals surface area contributed by atoms with E-state index >= 15 is 0 Å². The van der Waals surface area contributed by atoms with E-state index in [1.54, 1.807) is 37.6 Å². The van der Waals surface area contributed by atoms with E-state index in [1.807, 2.05) is 18.2 Å². The van der Waals surface area contributed by atoms with Crippen LogP contribution < -0.4 is 10.1 Å². The zero-order chi connectivity index (χ0) is 15.5. The maximum Gasteiger partial charge on any atom is 0.228 e. The second-order valence-electron chi connectivity index (χ2n) is 4.86. The summed E-state index contributed by atoms with van der Waals surface area (Å²) in [5, 5.41) is 4.27. The van der Waals surface area contributed by atoms with Crippen LogP contribution in [0.25, 0.3) is 11.0 Å². The van der Waals surface area contributed by atoms with Crippen LogP contribution in [-0.2, 0) is 11.2 Å². The van der Waals surface area contributed by atoms with E-state index in [1.165, 1.54) is 0 Å². The molecule has 1 N–H and O–H groups in total. The van der Waals surface area contributed by atoms with E-state index in [2.05, 4.69) is 5.32 Å². The number of amides is 1. The Morgan fingerprint density at radius 3 is 2.91 bits per heavy atom. The summed E-state index contributed by atoms with van der Waals surface area (Å²) in [6.07, 6.45) is 1.81. The van der Waals surface area contributed by atoms with E-state index in [4.69, 9.17) is 20.8 Å². The summed E-state index contributed by atoms with van der Waals surface area (Å²) < 4.78 is 10.7. The van der Waals surface area contributed by atoms with Crippen molar-refractivity contribution >= 4 is 34.2 Å². The van der Waals surface area contributed by atoms with Crippen molar-refractivity contribution < 1.29 is 13.9 Å². The number of ether oxygens (including phenoxy) is 1. The van der Waals surface area contributed by atoms with Gasteiger partial charge in [-0.2, -0.15) is 0 Å². The number of rotatable bonds is 4. The first-order valence-electron chi connectivity index (χ1n) is 6.75. The lowest BCUT2D eigenvalue weighted by Crippen LogP contribution is -2.14. The van der Waals surface area contributed by atoms with Crippen LogP contribution in [0.4, 0.5) is 5.69 Å². The lowest BCUT2D eigenvalue weighted by Gasteiger charge is -2.05. The summed E-state index contributed by atoms with van der Waals surface area (Å²) in [6, 6.07) is 12.5. The fraction of sp³-hybridized carbons (Fsp3) is 0.118. The molecule has 0 spiro atoms. The van der Waals surface area contributed by atoms with Gasteiger partial charge in [-0.15, -0.1) is 0 Å². The normalized spacial score (nSPS) is 10.6. The highest BCUT2D eigenvalue weighted by molar-refractivity contribution is 6.30. The van der Waals surface area contributed by atoms with Crippen LogP contribution in [0, 0.1) is 0 Å². The number of anilines is 1. The molecule has 0 aliphatic carbocycles. The fourth-order valence-corrected chi connectivity index (χ4v) is 2.46.